The molecule has 0 bridgehead atoms. The molecule has 1 aromatic heterocycles. The molecule has 1 aliphatic carbocycles. The van der Waals surface area contributed by atoms with E-state index in [-0.39, 0.29) is 0 Å². The van der Waals surface area contributed by atoms with E-state index >= 15 is 0 Å². The summed E-state index contributed by atoms with van der Waals surface area (Å²) in [6.07, 6.45) is 0. The molecular formula is C53H33N3. The number of benzene rings is 9. The Morgan fingerprint density at radius 3 is 1.21 bits per heavy atom. The molecule has 3 nitrogen and oxygen atoms in total. The number of hydrogen-bond donors (Lipinski definition) is 0. The van der Waals surface area contributed by atoms with Crippen LogP contribution < -0.4 is 0 Å². The van der Waals surface area contributed by atoms with Crippen molar-refractivity contribution in [3.05, 3.63) is 200 Å². The third kappa shape index (κ3) is 5.32. The Bertz CT molecular complexity index is 3070. The molecule has 10 aromatic rings. The standard InChI is InChI=1S/C53H33N3/c1-3-12-34(13-4-1)35-22-28-39(29-23-35)52-54-51(38-14-5-2-6-15-38)55-53(56-52)49-33-31-40(42-16-7-10-19-45(42)49)36-24-26-37(27-25-36)41-30-32-48-44-18-9-8-17-43(44)47-21-11-20-46(41)50(47)48/h1-33H. The molecule has 0 N–H and O–H groups in total. The highest BCUT2D eigenvalue weighted by atomic mass is 15.0. The maximum absolute atomic E-state index is 5.13. The average Bonchev–Trinajstić information content (AvgIpc) is 3.61. The van der Waals surface area contributed by atoms with E-state index in [0.29, 0.717) is 17.5 Å². The molecule has 0 amide bonds. The Balaban J connectivity index is 0.989. The lowest BCUT2D eigenvalue weighted by Crippen LogP contribution is -2.00. The molecule has 11 rings (SSSR count). The molecule has 1 aliphatic rings. The molecule has 260 valence electrons. The molecule has 0 aliphatic heterocycles. The van der Waals surface area contributed by atoms with Crippen LogP contribution in [0.5, 0.6) is 0 Å². The van der Waals surface area contributed by atoms with Gasteiger partial charge in [0.1, 0.15) is 0 Å². The van der Waals surface area contributed by atoms with E-state index < -0.39 is 0 Å². The summed E-state index contributed by atoms with van der Waals surface area (Å²) in [6, 6.07) is 71.0. The lowest BCUT2D eigenvalue weighted by molar-refractivity contribution is 1.08. The largest absolute Gasteiger partial charge is 0.208 e. The van der Waals surface area contributed by atoms with Crippen LogP contribution in [0.1, 0.15) is 0 Å². The number of nitrogens with zero attached hydrogens (tertiary/aromatic N) is 3. The Labute approximate surface area is 325 Å². The molecular weight excluding hydrogens is 679 g/mol. The van der Waals surface area contributed by atoms with E-state index in [1.165, 1.54) is 55.3 Å². The molecule has 9 aromatic carbocycles. The van der Waals surface area contributed by atoms with Crippen LogP contribution >= 0.6 is 0 Å². The number of aromatic nitrogens is 3. The first-order valence-electron chi connectivity index (χ1n) is 19.0. The normalized spacial score (nSPS) is 11.6. The summed E-state index contributed by atoms with van der Waals surface area (Å²) < 4.78 is 0. The maximum Gasteiger partial charge on any atom is 0.164 e. The minimum absolute atomic E-state index is 0.643. The zero-order valence-corrected chi connectivity index (χ0v) is 30.4. The minimum atomic E-state index is 0.643. The summed E-state index contributed by atoms with van der Waals surface area (Å²) in [7, 11) is 0. The average molecular weight is 712 g/mol. The number of rotatable bonds is 6. The molecule has 1 heterocycles. The fourth-order valence-electron chi connectivity index (χ4n) is 8.42. The SMILES string of the molecule is c1ccc(-c2ccc(-c3nc(-c4ccccc4)nc(-c4ccc(-c5ccc(-c6ccc7c8c(cccc68)-c6ccccc6-7)cc5)c5ccccc45)n3)cc2)cc1. The molecule has 3 heteroatoms. The van der Waals surface area contributed by atoms with Crippen molar-refractivity contribution in [2.24, 2.45) is 0 Å². The molecule has 0 atom stereocenters. The van der Waals surface area contributed by atoms with Crippen molar-refractivity contribution in [3.63, 3.8) is 0 Å². The van der Waals surface area contributed by atoms with Gasteiger partial charge >= 0.3 is 0 Å². The first-order valence-corrected chi connectivity index (χ1v) is 19.0. The quantitative estimate of drug-likeness (QED) is 0.172. The second-order valence-electron chi connectivity index (χ2n) is 14.3. The van der Waals surface area contributed by atoms with E-state index in [9.17, 15) is 0 Å². The summed E-state index contributed by atoms with van der Waals surface area (Å²) in [5, 5.41) is 4.88. The number of fused-ring (bicyclic) bond motifs is 4. The van der Waals surface area contributed by atoms with Crippen LogP contribution in [0.25, 0.3) is 111 Å². The Morgan fingerprint density at radius 1 is 0.196 bits per heavy atom. The van der Waals surface area contributed by atoms with Gasteiger partial charge in [-0.05, 0) is 83.2 Å². The van der Waals surface area contributed by atoms with Gasteiger partial charge in [0, 0.05) is 16.7 Å². The minimum Gasteiger partial charge on any atom is -0.208 e. The predicted molar refractivity (Wildman–Crippen MR) is 232 cm³/mol. The van der Waals surface area contributed by atoms with Gasteiger partial charge in [0.15, 0.2) is 17.5 Å². The lowest BCUT2D eigenvalue weighted by atomic mass is 9.91. The van der Waals surface area contributed by atoms with E-state index in [4.69, 9.17) is 15.0 Å². The van der Waals surface area contributed by atoms with E-state index in [0.717, 1.165) is 38.6 Å². The van der Waals surface area contributed by atoms with Gasteiger partial charge in [-0.2, -0.15) is 0 Å². The first kappa shape index (κ1) is 32.0. The van der Waals surface area contributed by atoms with E-state index in [1.807, 2.05) is 24.3 Å². The van der Waals surface area contributed by atoms with Crippen molar-refractivity contribution in [1.82, 2.24) is 15.0 Å². The molecule has 0 saturated heterocycles. The van der Waals surface area contributed by atoms with Crippen LogP contribution in [0.15, 0.2) is 200 Å². The zero-order valence-electron chi connectivity index (χ0n) is 30.4. The van der Waals surface area contributed by atoms with Crippen molar-refractivity contribution in [3.8, 4) is 89.8 Å². The highest BCUT2D eigenvalue weighted by Crippen LogP contribution is 2.49. The summed E-state index contributed by atoms with van der Waals surface area (Å²) in [6.45, 7) is 0. The smallest absolute Gasteiger partial charge is 0.164 e. The highest BCUT2D eigenvalue weighted by Gasteiger charge is 2.22. The summed E-state index contributed by atoms with van der Waals surface area (Å²) in [4.78, 5) is 15.2. The molecule has 0 unspecified atom stereocenters. The second-order valence-corrected chi connectivity index (χ2v) is 14.3. The van der Waals surface area contributed by atoms with E-state index in [2.05, 4.69) is 176 Å². The van der Waals surface area contributed by atoms with Gasteiger partial charge in [-0.1, -0.05) is 194 Å². The fourth-order valence-corrected chi connectivity index (χ4v) is 8.42. The van der Waals surface area contributed by atoms with Crippen molar-refractivity contribution < 1.29 is 0 Å². The van der Waals surface area contributed by atoms with Crippen molar-refractivity contribution in [2.75, 3.05) is 0 Å². The topological polar surface area (TPSA) is 38.7 Å². The summed E-state index contributed by atoms with van der Waals surface area (Å²) >= 11 is 0. The second kappa shape index (κ2) is 13.1. The van der Waals surface area contributed by atoms with Crippen LogP contribution in [0.2, 0.25) is 0 Å². The van der Waals surface area contributed by atoms with Gasteiger partial charge in [0.2, 0.25) is 0 Å². The molecule has 0 radical (unpaired) electrons. The first-order chi connectivity index (χ1) is 27.8. The van der Waals surface area contributed by atoms with Crippen LogP contribution in [0, 0.1) is 0 Å². The Kier molecular flexibility index (Phi) is 7.49. The van der Waals surface area contributed by atoms with Crippen molar-refractivity contribution >= 4 is 21.5 Å². The van der Waals surface area contributed by atoms with Crippen molar-refractivity contribution in [2.45, 2.75) is 0 Å². The summed E-state index contributed by atoms with van der Waals surface area (Å²) in [5.74, 6) is 1.94. The van der Waals surface area contributed by atoms with Gasteiger partial charge < -0.3 is 0 Å². The van der Waals surface area contributed by atoms with Crippen LogP contribution in [-0.4, -0.2) is 15.0 Å². The zero-order chi connectivity index (χ0) is 37.0. The number of hydrogen-bond acceptors (Lipinski definition) is 3. The van der Waals surface area contributed by atoms with E-state index in [1.54, 1.807) is 0 Å². The molecule has 0 fully saturated rings. The maximum atomic E-state index is 5.13. The van der Waals surface area contributed by atoms with Gasteiger partial charge in [-0.3, -0.25) is 0 Å². The van der Waals surface area contributed by atoms with Crippen LogP contribution in [0.4, 0.5) is 0 Å². The van der Waals surface area contributed by atoms with Gasteiger partial charge in [0.05, 0.1) is 0 Å². The summed E-state index contributed by atoms with van der Waals surface area (Å²) in [5.41, 5.74) is 15.2. The molecule has 0 saturated carbocycles. The lowest BCUT2D eigenvalue weighted by Gasteiger charge is -2.14. The van der Waals surface area contributed by atoms with Gasteiger partial charge in [0.25, 0.3) is 0 Å². The van der Waals surface area contributed by atoms with Crippen molar-refractivity contribution in [1.29, 1.82) is 0 Å². The third-order valence-electron chi connectivity index (χ3n) is 11.1. The van der Waals surface area contributed by atoms with Crippen LogP contribution in [0.3, 0.4) is 0 Å². The van der Waals surface area contributed by atoms with Gasteiger partial charge in [-0.25, -0.2) is 15.0 Å². The molecule has 56 heavy (non-hydrogen) atoms. The monoisotopic (exact) mass is 711 g/mol. The fraction of sp³-hybridized carbons (Fsp3) is 0. The van der Waals surface area contributed by atoms with Crippen LogP contribution in [-0.2, 0) is 0 Å². The molecule has 0 spiro atoms. The highest BCUT2D eigenvalue weighted by molar-refractivity contribution is 6.18. The Hall–Kier alpha value is -7.49. The Morgan fingerprint density at radius 2 is 0.571 bits per heavy atom. The predicted octanol–water partition coefficient (Wildman–Crippen LogP) is 13.8. The third-order valence-corrected chi connectivity index (χ3v) is 11.1. The van der Waals surface area contributed by atoms with Gasteiger partial charge in [-0.15, -0.1) is 0 Å².